The van der Waals surface area contributed by atoms with Gasteiger partial charge in [-0.3, -0.25) is 14.9 Å². The largest absolute Gasteiger partial charge is 0.480 e. The molecule has 0 saturated carbocycles. The van der Waals surface area contributed by atoms with E-state index in [1.807, 2.05) is 0 Å². The molecule has 2 N–H and O–H groups in total. The van der Waals surface area contributed by atoms with Crippen LogP contribution in [-0.4, -0.2) is 27.9 Å². The van der Waals surface area contributed by atoms with Gasteiger partial charge in [-0.1, -0.05) is 32.4 Å². The van der Waals surface area contributed by atoms with Crippen LogP contribution in [0.5, 0.6) is 0 Å². The van der Waals surface area contributed by atoms with E-state index < -0.39 is 33.9 Å². The Morgan fingerprint density at radius 1 is 1.38 bits per heavy atom. The summed E-state index contributed by atoms with van der Waals surface area (Å²) in [5.41, 5.74) is -1.47. The van der Waals surface area contributed by atoms with Crippen molar-refractivity contribution in [1.29, 1.82) is 0 Å². The molecule has 1 atom stereocenters. The van der Waals surface area contributed by atoms with Gasteiger partial charge < -0.3 is 10.4 Å². The number of benzene rings is 1. The molecule has 8 heteroatoms. The van der Waals surface area contributed by atoms with Crippen LogP contribution in [0.3, 0.4) is 0 Å². The number of aliphatic carboxylic acids is 1. The molecule has 0 spiro atoms. The number of carbonyl (C=O) groups excluding carboxylic acids is 1. The molecule has 7 nitrogen and oxygen atoms in total. The summed E-state index contributed by atoms with van der Waals surface area (Å²) in [5.74, 6) is -2.08. The van der Waals surface area contributed by atoms with Gasteiger partial charge in [-0.25, -0.2) is 4.79 Å². The molecule has 1 aromatic carbocycles. The highest BCUT2D eigenvalue weighted by Crippen LogP contribution is 2.24. The Labute approximate surface area is 126 Å². The summed E-state index contributed by atoms with van der Waals surface area (Å²) in [6, 6.07) is 2.33. The van der Waals surface area contributed by atoms with Crippen LogP contribution in [0.4, 0.5) is 5.69 Å². The fourth-order valence-corrected chi connectivity index (χ4v) is 1.88. The van der Waals surface area contributed by atoms with Crippen molar-refractivity contribution in [3.05, 3.63) is 38.9 Å². The van der Waals surface area contributed by atoms with E-state index in [1.165, 1.54) is 6.07 Å². The lowest BCUT2D eigenvalue weighted by Crippen LogP contribution is -2.49. The molecule has 0 aliphatic carbocycles. The van der Waals surface area contributed by atoms with Gasteiger partial charge in [0.2, 0.25) is 0 Å². The van der Waals surface area contributed by atoms with Crippen LogP contribution in [0.25, 0.3) is 0 Å². The third kappa shape index (κ3) is 4.16. The van der Waals surface area contributed by atoms with Crippen molar-refractivity contribution in [2.75, 3.05) is 0 Å². The van der Waals surface area contributed by atoms with Gasteiger partial charge in [0.1, 0.15) is 11.6 Å². The number of nitrogens with one attached hydrogen (secondary N) is 1. The van der Waals surface area contributed by atoms with E-state index in [2.05, 4.69) is 5.32 Å². The number of carboxylic acid groups (broad SMARTS) is 1. The molecule has 0 radical (unpaired) electrons. The zero-order valence-corrected chi connectivity index (χ0v) is 12.5. The maximum Gasteiger partial charge on any atom is 0.326 e. The highest BCUT2D eigenvalue weighted by atomic mass is 35.5. The fraction of sp³-hybridized carbons (Fsp3) is 0.385. The van der Waals surface area contributed by atoms with Crippen molar-refractivity contribution < 1.29 is 19.6 Å². The summed E-state index contributed by atoms with van der Waals surface area (Å²) >= 11 is 5.74. The number of hydrogen-bond acceptors (Lipinski definition) is 4. The van der Waals surface area contributed by atoms with Crippen molar-refractivity contribution in [3.63, 3.8) is 0 Å². The van der Waals surface area contributed by atoms with E-state index in [0.717, 1.165) is 12.1 Å². The summed E-state index contributed by atoms with van der Waals surface area (Å²) in [6.45, 7) is 4.91. The third-order valence-electron chi connectivity index (χ3n) is 2.79. The number of amides is 1. The molecule has 0 aromatic heterocycles. The van der Waals surface area contributed by atoms with E-state index in [-0.39, 0.29) is 10.6 Å². The Morgan fingerprint density at radius 2 is 1.95 bits per heavy atom. The highest BCUT2D eigenvalue weighted by Gasteiger charge is 2.34. The molecule has 0 bridgehead atoms. The van der Waals surface area contributed by atoms with E-state index >= 15 is 0 Å². The molecule has 0 aliphatic rings. The lowest BCUT2D eigenvalue weighted by Gasteiger charge is -2.27. The minimum atomic E-state index is -1.22. The topological polar surface area (TPSA) is 110 Å². The van der Waals surface area contributed by atoms with Crippen LogP contribution < -0.4 is 5.32 Å². The van der Waals surface area contributed by atoms with Gasteiger partial charge in [-0.2, -0.15) is 0 Å². The summed E-state index contributed by atoms with van der Waals surface area (Å²) in [7, 11) is 0. The van der Waals surface area contributed by atoms with Crippen molar-refractivity contribution in [1.82, 2.24) is 5.32 Å². The maximum atomic E-state index is 12.1. The van der Waals surface area contributed by atoms with Crippen LogP contribution in [0.15, 0.2) is 18.2 Å². The predicted molar refractivity (Wildman–Crippen MR) is 76.5 cm³/mol. The van der Waals surface area contributed by atoms with Gasteiger partial charge >= 0.3 is 5.97 Å². The molecule has 0 aliphatic heterocycles. The van der Waals surface area contributed by atoms with Crippen LogP contribution in [0.2, 0.25) is 5.02 Å². The molecule has 21 heavy (non-hydrogen) atoms. The molecule has 114 valence electrons. The Balaban J connectivity index is 3.17. The normalized spacial score (nSPS) is 12.6. The monoisotopic (exact) mass is 314 g/mol. The number of rotatable bonds is 4. The van der Waals surface area contributed by atoms with Gasteiger partial charge in [0.05, 0.1) is 4.92 Å². The number of nitro groups is 1. The SMILES string of the molecule is CC(C)(C)[C@H](NC(=O)c1cc(Cl)ccc1[N+](=O)[O-])C(=O)O. The minimum absolute atomic E-state index is 0.147. The molecule has 0 saturated heterocycles. The van der Waals surface area contributed by atoms with Crippen molar-refractivity contribution in [3.8, 4) is 0 Å². The fourth-order valence-electron chi connectivity index (χ4n) is 1.71. The van der Waals surface area contributed by atoms with E-state index in [4.69, 9.17) is 16.7 Å². The second-order valence-corrected chi connectivity index (χ2v) is 5.97. The number of halogens is 1. The summed E-state index contributed by atoms with van der Waals surface area (Å²) in [5, 5.41) is 22.5. The standard InChI is InChI=1S/C13H15ClN2O5/c1-13(2,3)10(12(18)19)15-11(17)8-6-7(14)4-5-9(8)16(20)21/h4-6,10H,1-3H3,(H,15,17)(H,18,19)/t10-/m1/s1. The Kier molecular flexibility index (Phi) is 4.90. The van der Waals surface area contributed by atoms with Crippen LogP contribution in [0, 0.1) is 15.5 Å². The number of carbonyl (C=O) groups is 2. The Morgan fingerprint density at radius 3 is 2.38 bits per heavy atom. The van der Waals surface area contributed by atoms with Gasteiger partial charge in [0.25, 0.3) is 11.6 Å². The van der Waals surface area contributed by atoms with Gasteiger partial charge in [-0.15, -0.1) is 0 Å². The number of nitro benzene ring substituents is 1. The lowest BCUT2D eigenvalue weighted by molar-refractivity contribution is -0.385. The second kappa shape index (κ2) is 6.09. The van der Waals surface area contributed by atoms with Gasteiger partial charge in [-0.05, 0) is 17.5 Å². The first-order valence-corrected chi connectivity index (χ1v) is 6.39. The van der Waals surface area contributed by atoms with Crippen molar-refractivity contribution >= 4 is 29.2 Å². The van der Waals surface area contributed by atoms with E-state index in [9.17, 15) is 19.7 Å². The summed E-state index contributed by atoms with van der Waals surface area (Å²) in [6.07, 6.45) is 0. The Bertz CT molecular complexity index is 595. The first kappa shape index (κ1) is 16.9. The molecular formula is C13H15ClN2O5. The Hall–Kier alpha value is -2.15. The van der Waals surface area contributed by atoms with Crippen LogP contribution in [-0.2, 0) is 4.79 Å². The summed E-state index contributed by atoms with van der Waals surface area (Å²) < 4.78 is 0. The lowest BCUT2D eigenvalue weighted by atomic mass is 9.86. The van der Waals surface area contributed by atoms with E-state index in [0.29, 0.717) is 0 Å². The van der Waals surface area contributed by atoms with Gasteiger partial charge in [0, 0.05) is 11.1 Å². The minimum Gasteiger partial charge on any atom is -0.480 e. The average molecular weight is 315 g/mol. The van der Waals surface area contributed by atoms with E-state index in [1.54, 1.807) is 20.8 Å². The molecule has 0 unspecified atom stereocenters. The smallest absolute Gasteiger partial charge is 0.326 e. The zero-order valence-electron chi connectivity index (χ0n) is 11.7. The molecular weight excluding hydrogens is 300 g/mol. The molecule has 0 fully saturated rings. The van der Waals surface area contributed by atoms with Crippen molar-refractivity contribution in [2.45, 2.75) is 26.8 Å². The molecule has 1 aromatic rings. The van der Waals surface area contributed by atoms with Crippen LogP contribution >= 0.6 is 11.6 Å². The quantitative estimate of drug-likeness (QED) is 0.655. The first-order valence-electron chi connectivity index (χ1n) is 6.01. The summed E-state index contributed by atoms with van der Waals surface area (Å²) in [4.78, 5) is 33.6. The molecule has 0 heterocycles. The maximum absolute atomic E-state index is 12.1. The van der Waals surface area contributed by atoms with Gasteiger partial charge in [0.15, 0.2) is 0 Å². The van der Waals surface area contributed by atoms with Crippen molar-refractivity contribution in [2.24, 2.45) is 5.41 Å². The highest BCUT2D eigenvalue weighted by molar-refractivity contribution is 6.31. The first-order chi connectivity index (χ1) is 9.54. The average Bonchev–Trinajstić information content (AvgIpc) is 2.33. The number of nitrogens with zero attached hydrogens (tertiary/aromatic N) is 1. The van der Waals surface area contributed by atoms with Crippen LogP contribution in [0.1, 0.15) is 31.1 Å². The number of carboxylic acids is 1. The third-order valence-corrected chi connectivity index (χ3v) is 3.02. The molecule has 1 rings (SSSR count). The zero-order chi connectivity index (χ0) is 16.4. The predicted octanol–water partition coefficient (Wildman–Crippen LogP) is 2.48. The number of hydrogen-bond donors (Lipinski definition) is 2. The second-order valence-electron chi connectivity index (χ2n) is 5.53. The molecule has 1 amide bonds.